The molecule has 30 heavy (non-hydrogen) atoms. The van der Waals surface area contributed by atoms with Crippen molar-refractivity contribution in [2.24, 2.45) is 0 Å². The van der Waals surface area contributed by atoms with E-state index in [1.165, 1.54) is 16.9 Å². The lowest BCUT2D eigenvalue weighted by molar-refractivity contribution is -0.120. The molecule has 0 saturated heterocycles. The molecule has 0 unspecified atom stereocenters. The molecule has 156 valence electrons. The summed E-state index contributed by atoms with van der Waals surface area (Å²) in [6.07, 6.45) is 0.464. The fraction of sp³-hybridized carbons (Fsp3) is 0.261. The molecule has 0 aliphatic carbocycles. The minimum atomic E-state index is -0.134. The maximum Gasteiger partial charge on any atom is 0.226 e. The second kappa shape index (κ2) is 10.00. The second-order valence-corrected chi connectivity index (χ2v) is 9.36. The number of benzene rings is 2. The zero-order valence-electron chi connectivity index (χ0n) is 17.2. The molecule has 0 saturated carbocycles. The van der Waals surface area contributed by atoms with Crippen LogP contribution in [0.2, 0.25) is 0 Å². The summed E-state index contributed by atoms with van der Waals surface area (Å²) in [4.78, 5) is 30.2. The molecule has 0 spiro atoms. The van der Waals surface area contributed by atoms with Crippen molar-refractivity contribution in [3.8, 4) is 11.3 Å². The lowest BCUT2D eigenvalue weighted by Crippen LogP contribution is -2.28. The van der Waals surface area contributed by atoms with Gasteiger partial charge >= 0.3 is 0 Å². The van der Waals surface area contributed by atoms with Gasteiger partial charge < -0.3 is 10.6 Å². The van der Waals surface area contributed by atoms with E-state index in [9.17, 15) is 9.59 Å². The van der Waals surface area contributed by atoms with Gasteiger partial charge in [0, 0.05) is 33.6 Å². The van der Waals surface area contributed by atoms with E-state index in [1.54, 1.807) is 0 Å². The number of thiazole rings is 1. The number of carbonyl (C=O) groups excluding carboxylic acids is 2. The van der Waals surface area contributed by atoms with Crippen LogP contribution >= 0.6 is 27.3 Å². The number of rotatable bonds is 7. The van der Waals surface area contributed by atoms with Crippen molar-refractivity contribution >= 4 is 44.8 Å². The minimum absolute atomic E-state index is 0.113. The SMILES string of the molecule is Cc1ccc(-c2nc(C)sc2CC(=O)NCCC(=O)Nc2cc(Br)ccc2C)cc1. The predicted octanol–water partition coefficient (Wildman–Crippen LogP) is 5.19. The molecule has 0 aliphatic rings. The lowest BCUT2D eigenvalue weighted by atomic mass is 10.1. The number of aromatic nitrogens is 1. The quantitative estimate of drug-likeness (QED) is 0.483. The van der Waals surface area contributed by atoms with E-state index in [4.69, 9.17) is 0 Å². The Labute approximate surface area is 189 Å². The predicted molar refractivity (Wildman–Crippen MR) is 126 cm³/mol. The van der Waals surface area contributed by atoms with Gasteiger partial charge in [0.1, 0.15) is 0 Å². The van der Waals surface area contributed by atoms with Crippen LogP contribution in [0.5, 0.6) is 0 Å². The van der Waals surface area contributed by atoms with Crippen molar-refractivity contribution in [1.82, 2.24) is 10.3 Å². The average molecular weight is 486 g/mol. The van der Waals surface area contributed by atoms with Crippen LogP contribution in [-0.4, -0.2) is 23.3 Å². The molecule has 0 radical (unpaired) electrons. The van der Waals surface area contributed by atoms with Gasteiger partial charge in [0.05, 0.1) is 17.1 Å². The van der Waals surface area contributed by atoms with E-state index in [0.717, 1.165) is 36.9 Å². The Balaban J connectivity index is 1.53. The number of halogens is 1. The van der Waals surface area contributed by atoms with Crippen LogP contribution in [0.25, 0.3) is 11.3 Å². The van der Waals surface area contributed by atoms with Gasteiger partial charge in [-0.15, -0.1) is 11.3 Å². The number of hydrogen-bond donors (Lipinski definition) is 2. The molecule has 2 amide bonds. The van der Waals surface area contributed by atoms with E-state index in [2.05, 4.69) is 31.5 Å². The first-order chi connectivity index (χ1) is 14.3. The summed E-state index contributed by atoms with van der Waals surface area (Å²) in [5.74, 6) is -0.246. The normalized spacial score (nSPS) is 10.7. The highest BCUT2D eigenvalue weighted by Gasteiger charge is 2.15. The van der Waals surface area contributed by atoms with Crippen molar-refractivity contribution in [3.05, 3.63) is 67.9 Å². The molecule has 3 rings (SSSR count). The van der Waals surface area contributed by atoms with E-state index >= 15 is 0 Å². The van der Waals surface area contributed by atoms with E-state index in [-0.39, 0.29) is 31.2 Å². The molecular weight excluding hydrogens is 462 g/mol. The van der Waals surface area contributed by atoms with Gasteiger partial charge in [-0.2, -0.15) is 0 Å². The molecule has 5 nitrogen and oxygen atoms in total. The summed E-state index contributed by atoms with van der Waals surface area (Å²) in [7, 11) is 0. The summed E-state index contributed by atoms with van der Waals surface area (Å²) < 4.78 is 0.904. The molecule has 1 heterocycles. The van der Waals surface area contributed by atoms with Crippen molar-refractivity contribution in [2.75, 3.05) is 11.9 Å². The first kappa shape index (κ1) is 22.2. The maximum atomic E-state index is 12.4. The lowest BCUT2D eigenvalue weighted by Gasteiger charge is -2.09. The molecule has 0 fully saturated rings. The summed E-state index contributed by atoms with van der Waals surface area (Å²) in [6.45, 7) is 6.21. The molecule has 0 bridgehead atoms. The maximum absolute atomic E-state index is 12.4. The monoisotopic (exact) mass is 485 g/mol. The van der Waals surface area contributed by atoms with Crippen LogP contribution in [0.4, 0.5) is 5.69 Å². The summed E-state index contributed by atoms with van der Waals surface area (Å²) in [5, 5.41) is 6.65. The highest BCUT2D eigenvalue weighted by Crippen LogP contribution is 2.28. The van der Waals surface area contributed by atoms with Gasteiger partial charge in [-0.3, -0.25) is 9.59 Å². The summed E-state index contributed by atoms with van der Waals surface area (Å²) in [6, 6.07) is 13.9. The number of hydrogen-bond acceptors (Lipinski definition) is 4. The third-order valence-corrected chi connectivity index (χ3v) is 6.06. The third kappa shape index (κ3) is 6.00. The van der Waals surface area contributed by atoms with Gasteiger partial charge in [-0.25, -0.2) is 4.98 Å². The summed E-state index contributed by atoms with van der Waals surface area (Å²) in [5.41, 5.74) is 4.80. The van der Waals surface area contributed by atoms with Crippen LogP contribution in [0.15, 0.2) is 46.9 Å². The largest absolute Gasteiger partial charge is 0.355 e. The van der Waals surface area contributed by atoms with Crippen LogP contribution in [-0.2, 0) is 16.0 Å². The second-order valence-electron chi connectivity index (χ2n) is 7.15. The zero-order chi connectivity index (χ0) is 21.7. The summed E-state index contributed by atoms with van der Waals surface area (Å²) >= 11 is 4.94. The Bertz CT molecular complexity index is 1060. The van der Waals surface area contributed by atoms with Crippen LogP contribution in [0.1, 0.15) is 27.4 Å². The van der Waals surface area contributed by atoms with Gasteiger partial charge in [0.15, 0.2) is 0 Å². The fourth-order valence-corrected chi connectivity index (χ4v) is 4.31. The number of aryl methyl sites for hydroxylation is 3. The molecule has 0 atom stereocenters. The van der Waals surface area contributed by atoms with Gasteiger partial charge in [0.2, 0.25) is 11.8 Å². The van der Waals surface area contributed by atoms with E-state index in [1.807, 2.05) is 63.2 Å². The van der Waals surface area contributed by atoms with Crippen LogP contribution < -0.4 is 10.6 Å². The first-order valence-corrected chi connectivity index (χ1v) is 11.3. The molecule has 0 aliphatic heterocycles. The molecule has 2 aromatic carbocycles. The molecule has 1 aromatic heterocycles. The Morgan fingerprint density at radius 1 is 1.03 bits per heavy atom. The minimum Gasteiger partial charge on any atom is -0.355 e. The van der Waals surface area contributed by atoms with Crippen molar-refractivity contribution < 1.29 is 9.59 Å². The Morgan fingerprint density at radius 2 is 1.77 bits per heavy atom. The highest BCUT2D eigenvalue weighted by atomic mass is 79.9. The van der Waals surface area contributed by atoms with E-state index in [0.29, 0.717) is 0 Å². The topological polar surface area (TPSA) is 71.1 Å². The number of anilines is 1. The number of carbonyl (C=O) groups is 2. The van der Waals surface area contributed by atoms with E-state index < -0.39 is 0 Å². The molecule has 7 heteroatoms. The molecule has 3 aromatic rings. The number of amides is 2. The van der Waals surface area contributed by atoms with Crippen LogP contribution in [0.3, 0.4) is 0 Å². The van der Waals surface area contributed by atoms with Crippen molar-refractivity contribution in [3.63, 3.8) is 0 Å². The van der Waals surface area contributed by atoms with Gasteiger partial charge in [-0.1, -0.05) is 51.8 Å². The first-order valence-electron chi connectivity index (χ1n) is 9.68. The van der Waals surface area contributed by atoms with Gasteiger partial charge in [-0.05, 0) is 38.5 Å². The van der Waals surface area contributed by atoms with Crippen LogP contribution in [0, 0.1) is 20.8 Å². The fourth-order valence-electron chi connectivity index (χ4n) is 2.99. The standard InChI is InChI=1S/C23H24BrN3O2S/c1-14-4-7-17(8-5-14)23-20(30-16(3)26-23)13-22(29)25-11-10-21(28)27-19-12-18(24)9-6-15(19)2/h4-9,12H,10-11,13H2,1-3H3,(H,25,29)(H,27,28). The molecule has 2 N–H and O–H groups in total. The van der Waals surface area contributed by atoms with Crippen molar-refractivity contribution in [2.45, 2.75) is 33.6 Å². The Morgan fingerprint density at radius 3 is 2.50 bits per heavy atom. The highest BCUT2D eigenvalue weighted by molar-refractivity contribution is 9.10. The average Bonchev–Trinajstić information content (AvgIpc) is 3.05. The van der Waals surface area contributed by atoms with Crippen molar-refractivity contribution in [1.29, 1.82) is 0 Å². The Hall–Kier alpha value is -2.51. The number of nitrogens with one attached hydrogen (secondary N) is 2. The molecular formula is C23H24BrN3O2S. The van der Waals surface area contributed by atoms with Gasteiger partial charge in [0.25, 0.3) is 0 Å². The smallest absolute Gasteiger partial charge is 0.226 e. The Kier molecular flexibility index (Phi) is 7.39. The third-order valence-electron chi connectivity index (χ3n) is 4.60. The number of nitrogens with zero attached hydrogens (tertiary/aromatic N) is 1. The zero-order valence-corrected chi connectivity index (χ0v) is 19.6.